The SMILES string of the molecule is CN=C(NCc1nc(C)c(C)o1)N(C)Cc1ccc(Cl)c(Cl)c1. The molecule has 0 amide bonds. The molecule has 0 aliphatic rings. The molecule has 1 aromatic carbocycles. The van der Waals surface area contributed by atoms with Crippen molar-refractivity contribution in [2.75, 3.05) is 14.1 Å². The molecule has 1 heterocycles. The van der Waals surface area contributed by atoms with Gasteiger partial charge < -0.3 is 14.6 Å². The van der Waals surface area contributed by atoms with Crippen LogP contribution in [0.15, 0.2) is 27.6 Å². The Morgan fingerprint density at radius 1 is 1.30 bits per heavy atom. The highest BCUT2D eigenvalue weighted by Gasteiger charge is 2.10. The van der Waals surface area contributed by atoms with Gasteiger partial charge in [0.15, 0.2) is 5.96 Å². The van der Waals surface area contributed by atoms with E-state index in [1.165, 1.54) is 0 Å². The Hall–Kier alpha value is -1.72. The van der Waals surface area contributed by atoms with E-state index in [1.54, 1.807) is 13.1 Å². The molecule has 0 unspecified atom stereocenters. The number of hydrogen-bond acceptors (Lipinski definition) is 3. The van der Waals surface area contributed by atoms with Gasteiger partial charge in [0.25, 0.3) is 0 Å². The molecule has 2 rings (SSSR count). The minimum atomic E-state index is 0.479. The summed E-state index contributed by atoms with van der Waals surface area (Å²) in [5, 5.41) is 4.33. The molecular formula is C16H20Cl2N4O. The minimum absolute atomic E-state index is 0.479. The molecule has 0 spiro atoms. The van der Waals surface area contributed by atoms with Crippen LogP contribution < -0.4 is 5.32 Å². The monoisotopic (exact) mass is 354 g/mol. The van der Waals surface area contributed by atoms with E-state index in [4.69, 9.17) is 27.6 Å². The molecule has 0 aliphatic carbocycles. The summed E-state index contributed by atoms with van der Waals surface area (Å²) in [6.45, 7) is 4.96. The minimum Gasteiger partial charge on any atom is -0.444 e. The van der Waals surface area contributed by atoms with E-state index in [9.17, 15) is 0 Å². The third kappa shape index (κ3) is 4.62. The largest absolute Gasteiger partial charge is 0.444 e. The summed E-state index contributed by atoms with van der Waals surface area (Å²) in [6, 6.07) is 5.59. The molecule has 0 aliphatic heterocycles. The first kappa shape index (κ1) is 17.6. The molecule has 0 atom stereocenters. The summed E-state index contributed by atoms with van der Waals surface area (Å²) < 4.78 is 5.56. The number of nitrogens with one attached hydrogen (secondary N) is 1. The molecule has 2 aromatic rings. The molecule has 0 fully saturated rings. The van der Waals surface area contributed by atoms with E-state index in [2.05, 4.69) is 15.3 Å². The van der Waals surface area contributed by atoms with Gasteiger partial charge in [-0.25, -0.2) is 4.98 Å². The molecule has 5 nitrogen and oxygen atoms in total. The van der Waals surface area contributed by atoms with Crippen LogP contribution in [0.5, 0.6) is 0 Å². The molecule has 1 N–H and O–H groups in total. The fraction of sp³-hybridized carbons (Fsp3) is 0.375. The summed E-state index contributed by atoms with van der Waals surface area (Å²) in [5.74, 6) is 2.22. The molecule has 0 saturated heterocycles. The van der Waals surface area contributed by atoms with Gasteiger partial charge >= 0.3 is 0 Å². The van der Waals surface area contributed by atoms with Gasteiger partial charge in [0, 0.05) is 20.6 Å². The Morgan fingerprint density at radius 2 is 2.04 bits per heavy atom. The normalized spacial score (nSPS) is 11.7. The third-order valence-electron chi connectivity index (χ3n) is 3.45. The number of aliphatic imine (C=N–C) groups is 1. The fourth-order valence-electron chi connectivity index (χ4n) is 2.14. The number of nitrogens with zero attached hydrogens (tertiary/aromatic N) is 3. The summed E-state index contributed by atoms with van der Waals surface area (Å²) in [6.07, 6.45) is 0. The highest BCUT2D eigenvalue weighted by Crippen LogP contribution is 2.23. The lowest BCUT2D eigenvalue weighted by Crippen LogP contribution is -2.38. The third-order valence-corrected chi connectivity index (χ3v) is 4.19. The molecule has 0 saturated carbocycles. The number of benzene rings is 1. The van der Waals surface area contributed by atoms with E-state index in [-0.39, 0.29) is 0 Å². The number of rotatable bonds is 4. The topological polar surface area (TPSA) is 53.7 Å². The molecule has 7 heteroatoms. The van der Waals surface area contributed by atoms with Gasteiger partial charge in [-0.15, -0.1) is 0 Å². The zero-order chi connectivity index (χ0) is 17.0. The molecule has 124 valence electrons. The first-order chi connectivity index (χ1) is 10.9. The highest BCUT2D eigenvalue weighted by molar-refractivity contribution is 6.42. The molecule has 0 bridgehead atoms. The fourth-order valence-corrected chi connectivity index (χ4v) is 2.46. The predicted octanol–water partition coefficient (Wildman–Crippen LogP) is 3.81. The van der Waals surface area contributed by atoms with E-state index in [0.717, 1.165) is 23.0 Å². The van der Waals surface area contributed by atoms with Crippen molar-refractivity contribution in [3.63, 3.8) is 0 Å². The lowest BCUT2D eigenvalue weighted by molar-refractivity contribution is 0.443. The average molecular weight is 355 g/mol. The van der Waals surface area contributed by atoms with Crippen LogP contribution in [0.2, 0.25) is 10.0 Å². The van der Waals surface area contributed by atoms with Gasteiger partial charge in [0.05, 0.1) is 22.3 Å². The summed E-state index contributed by atoms with van der Waals surface area (Å²) in [4.78, 5) is 10.6. The van der Waals surface area contributed by atoms with Crippen molar-refractivity contribution < 1.29 is 4.42 Å². The van der Waals surface area contributed by atoms with Crippen LogP contribution in [-0.2, 0) is 13.1 Å². The maximum Gasteiger partial charge on any atom is 0.214 e. The number of aromatic nitrogens is 1. The van der Waals surface area contributed by atoms with Crippen molar-refractivity contribution in [3.8, 4) is 0 Å². The summed E-state index contributed by atoms with van der Waals surface area (Å²) >= 11 is 12.0. The van der Waals surface area contributed by atoms with E-state index >= 15 is 0 Å². The quantitative estimate of drug-likeness (QED) is 0.669. The van der Waals surface area contributed by atoms with Crippen LogP contribution >= 0.6 is 23.2 Å². The van der Waals surface area contributed by atoms with Crippen LogP contribution in [0.1, 0.15) is 22.9 Å². The number of guanidine groups is 1. The zero-order valence-electron chi connectivity index (χ0n) is 13.7. The number of oxazole rings is 1. The Labute approximate surface area is 146 Å². The average Bonchev–Trinajstić information content (AvgIpc) is 2.82. The number of hydrogen-bond donors (Lipinski definition) is 1. The van der Waals surface area contributed by atoms with Crippen LogP contribution in [0.4, 0.5) is 0 Å². The molecular weight excluding hydrogens is 335 g/mol. The number of halogens is 2. The Morgan fingerprint density at radius 3 is 2.61 bits per heavy atom. The lowest BCUT2D eigenvalue weighted by atomic mass is 10.2. The van der Waals surface area contributed by atoms with Crippen LogP contribution in [-0.4, -0.2) is 29.9 Å². The first-order valence-electron chi connectivity index (χ1n) is 7.19. The predicted molar refractivity (Wildman–Crippen MR) is 94.1 cm³/mol. The van der Waals surface area contributed by atoms with E-state index in [1.807, 2.05) is 37.9 Å². The first-order valence-corrected chi connectivity index (χ1v) is 7.95. The van der Waals surface area contributed by atoms with Crippen molar-refractivity contribution in [3.05, 3.63) is 51.2 Å². The van der Waals surface area contributed by atoms with Crippen LogP contribution in [0.3, 0.4) is 0 Å². The van der Waals surface area contributed by atoms with Gasteiger partial charge in [-0.1, -0.05) is 29.3 Å². The van der Waals surface area contributed by atoms with Crippen LogP contribution in [0.25, 0.3) is 0 Å². The van der Waals surface area contributed by atoms with Crippen molar-refractivity contribution in [1.82, 2.24) is 15.2 Å². The van der Waals surface area contributed by atoms with E-state index in [0.29, 0.717) is 29.0 Å². The van der Waals surface area contributed by atoms with Crippen LogP contribution in [0, 0.1) is 13.8 Å². The molecule has 1 aromatic heterocycles. The lowest BCUT2D eigenvalue weighted by Gasteiger charge is -2.21. The zero-order valence-corrected chi connectivity index (χ0v) is 15.2. The van der Waals surface area contributed by atoms with Gasteiger partial charge in [0.2, 0.25) is 5.89 Å². The summed E-state index contributed by atoms with van der Waals surface area (Å²) in [7, 11) is 3.68. The van der Waals surface area contributed by atoms with Gasteiger partial charge in [-0.3, -0.25) is 4.99 Å². The second kappa shape index (κ2) is 7.70. The standard InChI is InChI=1S/C16H20Cl2N4O/c1-10-11(2)23-15(21-10)8-20-16(19-3)22(4)9-12-5-6-13(17)14(18)7-12/h5-7H,8-9H2,1-4H3,(H,19,20). The molecule has 23 heavy (non-hydrogen) atoms. The molecule has 0 radical (unpaired) electrons. The Kier molecular flexibility index (Phi) is 5.91. The maximum atomic E-state index is 6.05. The summed E-state index contributed by atoms with van der Waals surface area (Å²) in [5.41, 5.74) is 1.95. The smallest absolute Gasteiger partial charge is 0.214 e. The second-order valence-electron chi connectivity index (χ2n) is 5.25. The maximum absolute atomic E-state index is 6.05. The van der Waals surface area contributed by atoms with Crippen molar-refractivity contribution in [1.29, 1.82) is 0 Å². The highest BCUT2D eigenvalue weighted by atomic mass is 35.5. The Balaban J connectivity index is 1.98. The second-order valence-corrected chi connectivity index (χ2v) is 6.07. The van der Waals surface area contributed by atoms with Crippen molar-refractivity contribution in [2.24, 2.45) is 4.99 Å². The van der Waals surface area contributed by atoms with Crippen molar-refractivity contribution >= 4 is 29.2 Å². The number of aryl methyl sites for hydroxylation is 2. The van der Waals surface area contributed by atoms with E-state index < -0.39 is 0 Å². The van der Waals surface area contributed by atoms with Gasteiger partial charge in [0.1, 0.15) is 5.76 Å². The van der Waals surface area contributed by atoms with Gasteiger partial charge in [-0.05, 0) is 31.5 Å². The van der Waals surface area contributed by atoms with Gasteiger partial charge in [-0.2, -0.15) is 0 Å². The van der Waals surface area contributed by atoms with Crippen molar-refractivity contribution in [2.45, 2.75) is 26.9 Å². The Bertz CT molecular complexity index is 693.